The standard InChI is InChI=1S/C14H21N3O3S/c1-2-17(16-9-4-3-5-10-16)21(19,20)13-8-6-7-12(11-13)14(15)18/h6-8,11H,2-5,9-10H2,1H3,(H2,15,18). The predicted octanol–water partition coefficient (Wildman–Crippen LogP) is 1.20. The van der Waals surface area contributed by atoms with Crippen LogP contribution in [-0.2, 0) is 10.0 Å². The first-order valence-corrected chi connectivity index (χ1v) is 8.58. The van der Waals surface area contributed by atoms with Gasteiger partial charge in [-0.25, -0.2) is 13.4 Å². The third kappa shape index (κ3) is 3.42. The molecule has 2 rings (SSSR count). The smallest absolute Gasteiger partial charge is 0.256 e. The molecule has 1 aromatic carbocycles. The van der Waals surface area contributed by atoms with Gasteiger partial charge in [-0.2, -0.15) is 0 Å². The molecule has 7 heteroatoms. The van der Waals surface area contributed by atoms with E-state index in [-0.39, 0.29) is 10.5 Å². The molecule has 0 saturated carbocycles. The quantitative estimate of drug-likeness (QED) is 0.885. The highest BCUT2D eigenvalue weighted by molar-refractivity contribution is 7.89. The molecule has 1 saturated heterocycles. The number of amides is 1. The second-order valence-electron chi connectivity index (χ2n) is 5.05. The Bertz CT molecular complexity index is 610. The number of nitrogens with two attached hydrogens (primary N) is 1. The normalized spacial score (nSPS) is 17.0. The second kappa shape index (κ2) is 6.55. The number of nitrogens with zero attached hydrogens (tertiary/aromatic N) is 2. The SMILES string of the molecule is CCN(N1CCCCC1)S(=O)(=O)c1cccc(C(N)=O)c1. The van der Waals surface area contributed by atoms with Crippen molar-refractivity contribution in [3.63, 3.8) is 0 Å². The Morgan fingerprint density at radius 3 is 2.52 bits per heavy atom. The average Bonchev–Trinajstić information content (AvgIpc) is 2.49. The maximum atomic E-state index is 12.8. The lowest BCUT2D eigenvalue weighted by molar-refractivity contribution is 0.0433. The summed E-state index contributed by atoms with van der Waals surface area (Å²) in [5.41, 5.74) is 5.42. The number of sulfonamides is 1. The Kier molecular flexibility index (Phi) is 4.97. The molecule has 1 aliphatic heterocycles. The molecular weight excluding hydrogens is 290 g/mol. The van der Waals surface area contributed by atoms with Crippen LogP contribution in [0.1, 0.15) is 36.5 Å². The van der Waals surface area contributed by atoms with Crippen LogP contribution in [0.15, 0.2) is 29.2 Å². The molecule has 21 heavy (non-hydrogen) atoms. The van der Waals surface area contributed by atoms with E-state index in [2.05, 4.69) is 0 Å². The highest BCUT2D eigenvalue weighted by Gasteiger charge is 2.29. The van der Waals surface area contributed by atoms with Crippen LogP contribution < -0.4 is 5.73 Å². The summed E-state index contributed by atoms with van der Waals surface area (Å²) in [6, 6.07) is 5.88. The van der Waals surface area contributed by atoms with Crippen LogP contribution in [0.25, 0.3) is 0 Å². The van der Waals surface area contributed by atoms with Gasteiger partial charge in [0.25, 0.3) is 10.0 Å². The topological polar surface area (TPSA) is 83.7 Å². The molecule has 1 amide bonds. The van der Waals surface area contributed by atoms with E-state index in [0.717, 1.165) is 32.4 Å². The van der Waals surface area contributed by atoms with Gasteiger partial charge in [0.2, 0.25) is 5.91 Å². The lowest BCUT2D eigenvalue weighted by atomic mass is 10.2. The first-order valence-electron chi connectivity index (χ1n) is 7.14. The maximum absolute atomic E-state index is 12.8. The van der Waals surface area contributed by atoms with Gasteiger partial charge >= 0.3 is 0 Å². The number of hydrogen-bond donors (Lipinski definition) is 1. The molecule has 1 aliphatic rings. The van der Waals surface area contributed by atoms with Crippen molar-refractivity contribution in [2.24, 2.45) is 5.73 Å². The van der Waals surface area contributed by atoms with E-state index >= 15 is 0 Å². The van der Waals surface area contributed by atoms with Crippen LogP contribution in [0.5, 0.6) is 0 Å². The Hall–Kier alpha value is -1.44. The van der Waals surface area contributed by atoms with E-state index in [9.17, 15) is 13.2 Å². The Balaban J connectivity index is 2.34. The number of primary amides is 1. The molecule has 1 fully saturated rings. The third-order valence-corrected chi connectivity index (χ3v) is 5.51. The van der Waals surface area contributed by atoms with Crippen LogP contribution in [0.4, 0.5) is 0 Å². The van der Waals surface area contributed by atoms with Crippen molar-refractivity contribution in [1.82, 2.24) is 9.42 Å². The molecule has 6 nitrogen and oxygen atoms in total. The van der Waals surface area contributed by atoms with Gasteiger partial charge in [0.05, 0.1) is 4.90 Å². The molecule has 0 aliphatic carbocycles. The van der Waals surface area contributed by atoms with Crippen molar-refractivity contribution in [3.05, 3.63) is 29.8 Å². The molecule has 2 N–H and O–H groups in total. The number of benzene rings is 1. The second-order valence-corrected chi connectivity index (χ2v) is 6.89. The molecule has 1 aromatic rings. The predicted molar refractivity (Wildman–Crippen MR) is 79.9 cm³/mol. The molecule has 1 heterocycles. The van der Waals surface area contributed by atoms with E-state index in [1.54, 1.807) is 0 Å². The molecule has 116 valence electrons. The largest absolute Gasteiger partial charge is 0.366 e. The average molecular weight is 311 g/mol. The lowest BCUT2D eigenvalue weighted by Gasteiger charge is -2.35. The van der Waals surface area contributed by atoms with Gasteiger partial charge in [-0.15, -0.1) is 4.41 Å². The van der Waals surface area contributed by atoms with Gasteiger partial charge < -0.3 is 5.73 Å². The molecule has 0 bridgehead atoms. The summed E-state index contributed by atoms with van der Waals surface area (Å²) in [6.07, 6.45) is 3.12. The van der Waals surface area contributed by atoms with Gasteiger partial charge in [-0.3, -0.25) is 4.79 Å². The van der Waals surface area contributed by atoms with E-state index in [1.807, 2.05) is 11.9 Å². The molecule has 0 radical (unpaired) electrons. The van der Waals surface area contributed by atoms with Gasteiger partial charge in [0, 0.05) is 25.2 Å². The minimum atomic E-state index is -3.66. The van der Waals surface area contributed by atoms with E-state index in [0.29, 0.717) is 6.54 Å². The number of hydrogen-bond acceptors (Lipinski definition) is 4. The van der Waals surface area contributed by atoms with E-state index in [4.69, 9.17) is 5.73 Å². The van der Waals surface area contributed by atoms with Crippen molar-refractivity contribution in [1.29, 1.82) is 0 Å². The van der Waals surface area contributed by atoms with Crippen LogP contribution in [0, 0.1) is 0 Å². The van der Waals surface area contributed by atoms with Crippen molar-refractivity contribution in [2.45, 2.75) is 31.1 Å². The van der Waals surface area contributed by atoms with Gasteiger partial charge in [-0.05, 0) is 38.0 Å². The third-order valence-electron chi connectivity index (χ3n) is 3.61. The summed E-state index contributed by atoms with van der Waals surface area (Å²) in [5.74, 6) is -0.631. The molecule has 0 spiro atoms. The van der Waals surface area contributed by atoms with Crippen molar-refractivity contribution in [2.75, 3.05) is 19.6 Å². The minimum Gasteiger partial charge on any atom is -0.366 e. The first-order chi connectivity index (χ1) is 9.96. The van der Waals surface area contributed by atoms with Gasteiger partial charge in [-0.1, -0.05) is 12.5 Å². The van der Waals surface area contributed by atoms with Gasteiger partial charge in [0.1, 0.15) is 0 Å². The number of carbonyl (C=O) groups excluding carboxylic acids is 1. The fourth-order valence-electron chi connectivity index (χ4n) is 2.55. The van der Waals surface area contributed by atoms with Crippen LogP contribution >= 0.6 is 0 Å². The summed E-state index contributed by atoms with van der Waals surface area (Å²) in [4.78, 5) is 11.3. The zero-order valence-corrected chi connectivity index (χ0v) is 13.0. The van der Waals surface area contributed by atoms with Crippen molar-refractivity contribution in [3.8, 4) is 0 Å². The first kappa shape index (κ1) is 15.9. The molecule has 0 atom stereocenters. The van der Waals surface area contributed by atoms with E-state index in [1.165, 1.54) is 28.7 Å². The minimum absolute atomic E-state index is 0.103. The zero-order valence-electron chi connectivity index (χ0n) is 12.2. The van der Waals surface area contributed by atoms with Gasteiger partial charge in [0.15, 0.2) is 0 Å². The molecular formula is C14H21N3O3S. The fraction of sp³-hybridized carbons (Fsp3) is 0.500. The lowest BCUT2D eigenvalue weighted by Crippen LogP contribution is -2.48. The summed E-state index contributed by atoms with van der Waals surface area (Å²) >= 11 is 0. The van der Waals surface area contributed by atoms with Crippen LogP contribution in [-0.4, -0.2) is 43.4 Å². The summed E-state index contributed by atoms with van der Waals surface area (Å²) in [5, 5.41) is 1.87. The summed E-state index contributed by atoms with van der Waals surface area (Å²) in [6.45, 7) is 3.65. The Morgan fingerprint density at radius 2 is 1.95 bits per heavy atom. The van der Waals surface area contributed by atoms with Crippen molar-refractivity contribution >= 4 is 15.9 Å². The van der Waals surface area contributed by atoms with Crippen LogP contribution in [0.2, 0.25) is 0 Å². The van der Waals surface area contributed by atoms with E-state index < -0.39 is 15.9 Å². The number of piperidine rings is 1. The molecule has 0 aromatic heterocycles. The molecule has 0 unspecified atom stereocenters. The van der Waals surface area contributed by atoms with Crippen LogP contribution in [0.3, 0.4) is 0 Å². The zero-order chi connectivity index (χ0) is 15.5. The Labute approximate surface area is 125 Å². The summed E-state index contributed by atoms with van der Waals surface area (Å²) < 4.78 is 26.9. The maximum Gasteiger partial charge on any atom is 0.256 e. The fourth-order valence-corrected chi connectivity index (χ4v) is 4.13. The number of carbonyl (C=O) groups is 1. The van der Waals surface area contributed by atoms with Crippen molar-refractivity contribution < 1.29 is 13.2 Å². The number of hydrazine groups is 1. The highest BCUT2D eigenvalue weighted by Crippen LogP contribution is 2.21. The Morgan fingerprint density at radius 1 is 1.29 bits per heavy atom. The number of rotatable bonds is 5. The summed E-state index contributed by atoms with van der Waals surface area (Å²) in [7, 11) is -3.66. The highest BCUT2D eigenvalue weighted by atomic mass is 32.2. The monoisotopic (exact) mass is 311 g/mol.